The number of rotatable bonds is 7. The van der Waals surface area contributed by atoms with Crippen LogP contribution in [0.25, 0.3) is 11.7 Å². The van der Waals surface area contributed by atoms with Gasteiger partial charge in [0.25, 0.3) is 11.8 Å². The largest absolute Gasteiger partial charge is 0.459 e. The molecule has 0 radical (unpaired) electrons. The molecule has 0 atom stereocenters. The summed E-state index contributed by atoms with van der Waals surface area (Å²) >= 11 is 1.62. The summed E-state index contributed by atoms with van der Waals surface area (Å²) in [4.78, 5) is 15.9. The zero-order valence-corrected chi connectivity index (χ0v) is 15.9. The van der Waals surface area contributed by atoms with Crippen LogP contribution in [-0.2, 0) is 6.54 Å². The Morgan fingerprint density at radius 1 is 1.27 bits per heavy atom. The van der Waals surface area contributed by atoms with Crippen LogP contribution >= 0.6 is 11.8 Å². The third-order valence-electron chi connectivity index (χ3n) is 3.98. The van der Waals surface area contributed by atoms with Gasteiger partial charge in [-0.05, 0) is 49.4 Å². The molecule has 0 N–H and O–H groups in total. The van der Waals surface area contributed by atoms with Gasteiger partial charge in [-0.25, -0.2) is 0 Å². The molecule has 0 saturated heterocycles. The molecule has 0 aliphatic rings. The molecule has 1 aromatic carbocycles. The van der Waals surface area contributed by atoms with Crippen molar-refractivity contribution >= 4 is 17.7 Å². The number of carbonyl (C=O) groups excluding carboxylic acids is 1. The molecular formula is C19H21N3O3S. The number of furan rings is 1. The summed E-state index contributed by atoms with van der Waals surface area (Å²) in [6.45, 7) is 4.86. The van der Waals surface area contributed by atoms with Crippen LogP contribution in [0.4, 0.5) is 0 Å². The monoisotopic (exact) mass is 371 g/mol. The maximum absolute atomic E-state index is 13.1. The van der Waals surface area contributed by atoms with Crippen molar-refractivity contribution in [2.45, 2.75) is 31.7 Å². The van der Waals surface area contributed by atoms with Gasteiger partial charge in [0, 0.05) is 17.0 Å². The highest BCUT2D eigenvalue weighted by molar-refractivity contribution is 7.98. The summed E-state index contributed by atoms with van der Waals surface area (Å²) in [5.41, 5.74) is 1.66. The minimum atomic E-state index is -0.0296. The van der Waals surface area contributed by atoms with Crippen molar-refractivity contribution in [3.05, 3.63) is 53.6 Å². The van der Waals surface area contributed by atoms with E-state index in [2.05, 4.69) is 10.2 Å². The van der Waals surface area contributed by atoms with Gasteiger partial charge in [-0.2, -0.15) is 0 Å². The molecule has 0 saturated carbocycles. The fraction of sp³-hybridized carbons (Fsp3) is 0.316. The molecule has 0 unspecified atom stereocenters. The van der Waals surface area contributed by atoms with Crippen molar-refractivity contribution in [1.29, 1.82) is 0 Å². The van der Waals surface area contributed by atoms with Gasteiger partial charge in [0.2, 0.25) is 5.89 Å². The van der Waals surface area contributed by atoms with Crippen LogP contribution in [0.15, 0.2) is 50.3 Å². The first-order valence-electron chi connectivity index (χ1n) is 8.42. The summed E-state index contributed by atoms with van der Waals surface area (Å²) in [7, 11) is 0. The molecule has 0 bridgehead atoms. The first-order valence-corrected chi connectivity index (χ1v) is 9.65. The Bertz CT molecular complexity index is 874. The van der Waals surface area contributed by atoms with Crippen molar-refractivity contribution in [3.8, 4) is 11.7 Å². The highest BCUT2D eigenvalue weighted by Gasteiger charge is 2.21. The standard InChI is InChI=1S/C19H21N3O3S/c1-4-9-22(19(23)15-11-14(26-3)8-7-13(15)2)12-17-20-21-18(25-17)16-6-5-10-24-16/h5-8,10-11H,4,9,12H2,1-3H3. The molecular weight excluding hydrogens is 350 g/mol. The number of aryl methyl sites for hydroxylation is 1. The number of benzene rings is 1. The average Bonchev–Trinajstić information content (AvgIpc) is 3.33. The molecule has 0 fully saturated rings. The van der Waals surface area contributed by atoms with E-state index in [9.17, 15) is 4.79 Å². The second kappa shape index (κ2) is 8.23. The van der Waals surface area contributed by atoms with Crippen molar-refractivity contribution in [2.75, 3.05) is 12.8 Å². The number of hydrogen-bond donors (Lipinski definition) is 0. The van der Waals surface area contributed by atoms with Crippen LogP contribution in [-0.4, -0.2) is 33.8 Å². The van der Waals surface area contributed by atoms with Gasteiger partial charge in [-0.15, -0.1) is 22.0 Å². The lowest BCUT2D eigenvalue weighted by atomic mass is 10.1. The van der Waals surface area contributed by atoms with Gasteiger partial charge < -0.3 is 13.7 Å². The fourth-order valence-corrected chi connectivity index (χ4v) is 3.07. The summed E-state index contributed by atoms with van der Waals surface area (Å²) in [5, 5.41) is 8.05. The van der Waals surface area contributed by atoms with Gasteiger partial charge >= 0.3 is 0 Å². The Balaban J connectivity index is 1.82. The van der Waals surface area contributed by atoms with Crippen LogP contribution in [0, 0.1) is 6.92 Å². The Morgan fingerprint density at radius 3 is 2.81 bits per heavy atom. The number of hydrogen-bond acceptors (Lipinski definition) is 6. The third kappa shape index (κ3) is 3.99. The number of aromatic nitrogens is 2. The zero-order valence-electron chi connectivity index (χ0n) is 15.1. The fourth-order valence-electron chi connectivity index (χ4n) is 2.63. The van der Waals surface area contributed by atoms with Gasteiger partial charge in [-0.3, -0.25) is 4.79 Å². The summed E-state index contributed by atoms with van der Waals surface area (Å²) in [6, 6.07) is 9.45. The Hall–Kier alpha value is -2.54. The van der Waals surface area contributed by atoms with Crippen LogP contribution in [0.5, 0.6) is 0 Å². The summed E-state index contributed by atoms with van der Waals surface area (Å²) in [6.07, 6.45) is 4.39. The molecule has 0 spiro atoms. The molecule has 3 rings (SSSR count). The second-order valence-corrected chi connectivity index (χ2v) is 6.77. The molecule has 7 heteroatoms. The van der Waals surface area contributed by atoms with Crippen LogP contribution in [0.3, 0.4) is 0 Å². The van der Waals surface area contributed by atoms with Gasteiger partial charge in [0.1, 0.15) is 0 Å². The first kappa shape index (κ1) is 18.3. The van der Waals surface area contributed by atoms with E-state index in [1.54, 1.807) is 35.1 Å². The molecule has 0 aliphatic carbocycles. The molecule has 6 nitrogen and oxygen atoms in total. The van der Waals surface area contributed by atoms with Gasteiger partial charge in [-0.1, -0.05) is 13.0 Å². The zero-order chi connectivity index (χ0) is 18.5. The van der Waals surface area contributed by atoms with Gasteiger partial charge in [0.15, 0.2) is 5.76 Å². The lowest BCUT2D eigenvalue weighted by molar-refractivity contribution is 0.0727. The van der Waals surface area contributed by atoms with Crippen molar-refractivity contribution in [2.24, 2.45) is 0 Å². The van der Waals surface area contributed by atoms with Crippen LogP contribution < -0.4 is 0 Å². The molecule has 3 aromatic rings. The number of nitrogens with zero attached hydrogens (tertiary/aromatic N) is 3. The molecule has 2 heterocycles. The second-order valence-electron chi connectivity index (χ2n) is 5.89. The van der Waals surface area contributed by atoms with Gasteiger partial charge in [0.05, 0.1) is 12.8 Å². The van der Waals surface area contributed by atoms with E-state index in [0.717, 1.165) is 16.9 Å². The number of thioether (sulfide) groups is 1. The quantitative estimate of drug-likeness (QED) is 0.573. The average molecular weight is 371 g/mol. The van der Waals surface area contributed by atoms with Crippen LogP contribution in [0.1, 0.15) is 35.2 Å². The lowest BCUT2D eigenvalue weighted by Gasteiger charge is -2.21. The van der Waals surface area contributed by atoms with E-state index in [1.165, 1.54) is 0 Å². The smallest absolute Gasteiger partial charge is 0.283 e. The van der Waals surface area contributed by atoms with E-state index in [0.29, 0.717) is 29.6 Å². The van der Waals surface area contributed by atoms with E-state index in [4.69, 9.17) is 8.83 Å². The van der Waals surface area contributed by atoms with E-state index >= 15 is 0 Å². The SMILES string of the molecule is CCCN(Cc1nnc(-c2ccco2)o1)C(=O)c1cc(SC)ccc1C. The van der Waals surface area contributed by atoms with Crippen LogP contribution in [0.2, 0.25) is 0 Å². The minimum absolute atomic E-state index is 0.0296. The Labute approximate surface area is 156 Å². The molecule has 0 aliphatic heterocycles. The number of carbonyl (C=O) groups is 1. The molecule has 1 amide bonds. The maximum atomic E-state index is 13.1. The topological polar surface area (TPSA) is 72.4 Å². The highest BCUT2D eigenvalue weighted by Crippen LogP contribution is 2.22. The van der Waals surface area contributed by atoms with E-state index < -0.39 is 0 Å². The highest BCUT2D eigenvalue weighted by atomic mass is 32.2. The lowest BCUT2D eigenvalue weighted by Crippen LogP contribution is -2.32. The summed E-state index contributed by atoms with van der Waals surface area (Å²) < 4.78 is 10.9. The predicted octanol–water partition coefficient (Wildman–Crippen LogP) is 4.41. The van der Waals surface area contributed by atoms with Crippen molar-refractivity contribution in [3.63, 3.8) is 0 Å². The molecule has 26 heavy (non-hydrogen) atoms. The van der Waals surface area contributed by atoms with E-state index in [1.807, 2.05) is 38.3 Å². The first-order chi connectivity index (χ1) is 12.6. The van der Waals surface area contributed by atoms with Crippen molar-refractivity contribution in [1.82, 2.24) is 15.1 Å². The van der Waals surface area contributed by atoms with E-state index in [-0.39, 0.29) is 12.5 Å². The minimum Gasteiger partial charge on any atom is -0.459 e. The molecule has 136 valence electrons. The van der Waals surface area contributed by atoms with Crippen molar-refractivity contribution < 1.29 is 13.6 Å². The maximum Gasteiger partial charge on any atom is 0.283 e. The molecule has 2 aromatic heterocycles. The third-order valence-corrected chi connectivity index (χ3v) is 4.71. The Morgan fingerprint density at radius 2 is 2.12 bits per heavy atom. The predicted molar refractivity (Wildman–Crippen MR) is 100.0 cm³/mol. The Kier molecular flexibility index (Phi) is 5.78. The number of amides is 1. The summed E-state index contributed by atoms with van der Waals surface area (Å²) in [5.74, 6) is 1.19. The normalized spacial score (nSPS) is 10.9.